The number of hydrogen-bond donors (Lipinski definition) is 1. The zero-order valence-electron chi connectivity index (χ0n) is 30.1. The maximum Gasteiger partial charge on any atom is 0.233 e. The molecule has 9 atom stereocenters. The SMILES string of the molecule is CC(C)C1=C2[C@H]3CC[C@@H]4[C@@]5(C)CC[C@H](O)C(C)(C)[C@@H]5CC[C@@]4(C)[C@]3(C)CC[C@@]2(C(=O)N2CCCC2CN2CCC(F)CC2)CC1=O. The van der Waals surface area contributed by atoms with E-state index < -0.39 is 11.6 Å². The molecule has 2 heterocycles. The van der Waals surface area contributed by atoms with E-state index in [-0.39, 0.29) is 57.3 Å². The molecule has 0 bridgehead atoms. The maximum atomic E-state index is 15.1. The number of piperidine rings is 1. The molecule has 6 fully saturated rings. The first kappa shape index (κ1) is 33.2. The number of Topliss-reactive ketones (excluding diaryl/α,β-unsaturated/α-hetero) is 1. The van der Waals surface area contributed by atoms with Crippen molar-refractivity contribution in [2.75, 3.05) is 26.2 Å². The first-order valence-electron chi connectivity index (χ1n) is 19.2. The first-order chi connectivity index (χ1) is 21.6. The Hall–Kier alpha value is -1.27. The summed E-state index contributed by atoms with van der Waals surface area (Å²) in [4.78, 5) is 33.8. The Morgan fingerprint density at radius 3 is 2.28 bits per heavy atom. The Labute approximate surface area is 278 Å². The first-order valence-corrected chi connectivity index (χ1v) is 19.2. The van der Waals surface area contributed by atoms with Crippen molar-refractivity contribution >= 4 is 11.7 Å². The standard InChI is InChI=1S/C40H63FN2O3/c1-25(2)33-29(44)23-40(35(46)43-20-8-9-27(43)24-42-21-14-26(41)15-22-42)19-18-38(6)28(34(33)40)10-11-31-37(5)16-13-32(45)36(3,4)30(37)12-17-39(31,38)7/h25-28,30-32,45H,8-24H2,1-7H3/t27?,28-,30+,31-,32+,37+,38-,39-,40-/m1/s1. The van der Waals surface area contributed by atoms with Gasteiger partial charge < -0.3 is 14.9 Å². The summed E-state index contributed by atoms with van der Waals surface area (Å²) in [5.41, 5.74) is 1.88. The van der Waals surface area contributed by atoms with Crippen LogP contribution in [0, 0.1) is 50.7 Å². The van der Waals surface area contributed by atoms with Gasteiger partial charge in [-0.25, -0.2) is 4.39 Å². The van der Waals surface area contributed by atoms with Gasteiger partial charge in [-0.1, -0.05) is 48.5 Å². The van der Waals surface area contributed by atoms with Crippen molar-refractivity contribution in [3.63, 3.8) is 0 Å². The predicted octanol–water partition coefficient (Wildman–Crippen LogP) is 7.75. The topological polar surface area (TPSA) is 60.9 Å². The number of carbonyl (C=O) groups excluding carboxylic acids is 2. The Bertz CT molecular complexity index is 1280. The fourth-order valence-electron chi connectivity index (χ4n) is 13.8. The number of hydrogen-bond acceptors (Lipinski definition) is 4. The van der Waals surface area contributed by atoms with E-state index in [0.29, 0.717) is 31.1 Å². The molecular formula is C40H63FN2O3. The number of allylic oxidation sites excluding steroid dienone is 1. The molecule has 258 valence electrons. The summed E-state index contributed by atoms with van der Waals surface area (Å²) in [6.45, 7) is 19.9. The van der Waals surface area contributed by atoms with Crippen LogP contribution in [0.4, 0.5) is 4.39 Å². The normalized spacial score (nSPS) is 46.3. The molecule has 4 saturated carbocycles. The molecule has 0 spiro atoms. The molecule has 1 amide bonds. The van der Waals surface area contributed by atoms with Crippen LogP contribution in [-0.4, -0.2) is 71.1 Å². The fraction of sp³-hybridized carbons (Fsp3) is 0.900. The van der Waals surface area contributed by atoms with Crippen molar-refractivity contribution in [1.82, 2.24) is 9.80 Å². The summed E-state index contributed by atoms with van der Waals surface area (Å²) in [6, 6.07) is 0.166. The molecular weight excluding hydrogens is 575 g/mol. The average molecular weight is 639 g/mol. The fourth-order valence-corrected chi connectivity index (χ4v) is 13.8. The quantitative estimate of drug-likeness (QED) is 0.342. The molecule has 1 unspecified atom stereocenters. The number of aliphatic hydroxyl groups excluding tert-OH is 1. The Kier molecular flexibility index (Phi) is 8.04. The van der Waals surface area contributed by atoms with Gasteiger partial charge in [-0.3, -0.25) is 9.59 Å². The number of amides is 1. The summed E-state index contributed by atoms with van der Waals surface area (Å²) in [5.74, 6) is 1.97. The lowest BCUT2D eigenvalue weighted by molar-refractivity contribution is -0.228. The third-order valence-corrected chi connectivity index (χ3v) is 16.4. The molecule has 2 aliphatic heterocycles. The van der Waals surface area contributed by atoms with E-state index >= 15 is 4.79 Å². The van der Waals surface area contributed by atoms with Crippen LogP contribution in [0.2, 0.25) is 0 Å². The van der Waals surface area contributed by atoms with Gasteiger partial charge in [0.05, 0.1) is 11.5 Å². The second-order valence-corrected chi connectivity index (χ2v) is 18.9. The summed E-state index contributed by atoms with van der Waals surface area (Å²) in [5, 5.41) is 11.1. The van der Waals surface area contributed by atoms with Crippen molar-refractivity contribution in [2.24, 2.45) is 50.7 Å². The van der Waals surface area contributed by atoms with Gasteiger partial charge in [0.15, 0.2) is 5.78 Å². The highest BCUT2D eigenvalue weighted by atomic mass is 19.1. The van der Waals surface area contributed by atoms with Crippen LogP contribution in [0.5, 0.6) is 0 Å². The van der Waals surface area contributed by atoms with Crippen LogP contribution in [0.25, 0.3) is 0 Å². The smallest absolute Gasteiger partial charge is 0.233 e. The minimum absolute atomic E-state index is 0.0368. The van der Waals surface area contributed by atoms with Gasteiger partial charge >= 0.3 is 0 Å². The van der Waals surface area contributed by atoms with Gasteiger partial charge in [0.1, 0.15) is 6.17 Å². The minimum atomic E-state index is -0.689. The summed E-state index contributed by atoms with van der Waals surface area (Å²) < 4.78 is 13.9. The van der Waals surface area contributed by atoms with E-state index in [1.807, 2.05) is 0 Å². The van der Waals surface area contributed by atoms with Crippen molar-refractivity contribution in [3.8, 4) is 0 Å². The van der Waals surface area contributed by atoms with Crippen LogP contribution in [0.1, 0.15) is 132 Å². The maximum absolute atomic E-state index is 15.1. The van der Waals surface area contributed by atoms with Gasteiger partial charge in [-0.15, -0.1) is 0 Å². The molecule has 0 aromatic carbocycles. The molecule has 7 aliphatic rings. The van der Waals surface area contributed by atoms with E-state index in [2.05, 4.69) is 58.3 Å². The third-order valence-electron chi connectivity index (χ3n) is 16.4. The summed E-state index contributed by atoms with van der Waals surface area (Å²) >= 11 is 0. The number of alkyl halides is 1. The van der Waals surface area contributed by atoms with E-state index in [0.717, 1.165) is 89.5 Å². The van der Waals surface area contributed by atoms with Crippen molar-refractivity contribution in [1.29, 1.82) is 0 Å². The van der Waals surface area contributed by atoms with Gasteiger partial charge in [-0.2, -0.15) is 0 Å². The molecule has 46 heavy (non-hydrogen) atoms. The van der Waals surface area contributed by atoms with Crippen LogP contribution in [0.3, 0.4) is 0 Å². The third kappa shape index (κ3) is 4.49. The second-order valence-electron chi connectivity index (χ2n) is 18.9. The van der Waals surface area contributed by atoms with Crippen LogP contribution in [-0.2, 0) is 9.59 Å². The van der Waals surface area contributed by atoms with Crippen molar-refractivity contribution in [3.05, 3.63) is 11.1 Å². The van der Waals surface area contributed by atoms with Gasteiger partial charge in [0.25, 0.3) is 0 Å². The predicted molar refractivity (Wildman–Crippen MR) is 181 cm³/mol. The van der Waals surface area contributed by atoms with E-state index in [1.165, 1.54) is 12.0 Å². The number of nitrogens with zero attached hydrogens (tertiary/aromatic N) is 2. The molecule has 5 nitrogen and oxygen atoms in total. The zero-order valence-corrected chi connectivity index (χ0v) is 30.1. The molecule has 0 aromatic rings. The Balaban J connectivity index is 1.23. The average Bonchev–Trinajstić information content (AvgIpc) is 3.58. The van der Waals surface area contributed by atoms with E-state index in [4.69, 9.17) is 0 Å². The van der Waals surface area contributed by atoms with Crippen LogP contribution in [0.15, 0.2) is 11.1 Å². The summed E-state index contributed by atoms with van der Waals surface area (Å²) in [6.07, 6.45) is 11.0. The Morgan fingerprint density at radius 1 is 0.870 bits per heavy atom. The highest BCUT2D eigenvalue weighted by Crippen LogP contribution is 2.76. The van der Waals surface area contributed by atoms with Gasteiger partial charge in [0, 0.05) is 38.6 Å². The second kappa shape index (κ2) is 11.1. The lowest BCUT2D eigenvalue weighted by atomic mass is 9.33. The van der Waals surface area contributed by atoms with Crippen molar-refractivity contribution < 1.29 is 19.1 Å². The highest BCUT2D eigenvalue weighted by Gasteiger charge is 2.71. The molecule has 6 heteroatoms. The lowest BCUT2D eigenvalue weighted by Gasteiger charge is -2.72. The number of ketones is 1. The number of rotatable bonds is 4. The van der Waals surface area contributed by atoms with E-state index in [9.17, 15) is 14.3 Å². The molecule has 5 aliphatic carbocycles. The van der Waals surface area contributed by atoms with Crippen LogP contribution >= 0.6 is 0 Å². The molecule has 1 N–H and O–H groups in total. The van der Waals surface area contributed by atoms with Gasteiger partial charge in [0.2, 0.25) is 5.91 Å². The monoisotopic (exact) mass is 638 g/mol. The molecule has 0 aromatic heterocycles. The number of carbonyl (C=O) groups is 2. The number of likely N-dealkylation sites (tertiary alicyclic amines) is 2. The molecule has 0 radical (unpaired) electrons. The number of halogens is 1. The van der Waals surface area contributed by atoms with Crippen LogP contribution < -0.4 is 0 Å². The number of aliphatic hydroxyl groups is 1. The lowest BCUT2D eigenvalue weighted by Crippen LogP contribution is -2.66. The summed E-state index contributed by atoms with van der Waals surface area (Å²) in [7, 11) is 0. The molecule has 7 rings (SSSR count). The largest absolute Gasteiger partial charge is 0.393 e. The van der Waals surface area contributed by atoms with Gasteiger partial charge in [-0.05, 0) is 134 Å². The van der Waals surface area contributed by atoms with Crippen molar-refractivity contribution in [2.45, 2.75) is 150 Å². The number of fused-ring (bicyclic) bond motifs is 7. The molecule has 2 saturated heterocycles. The highest BCUT2D eigenvalue weighted by molar-refractivity contribution is 6.07. The van der Waals surface area contributed by atoms with E-state index in [1.54, 1.807) is 0 Å². The zero-order chi connectivity index (χ0) is 33.0. The Morgan fingerprint density at radius 2 is 1.59 bits per heavy atom. The minimum Gasteiger partial charge on any atom is -0.393 e.